The van der Waals surface area contributed by atoms with Crippen LogP contribution < -0.4 is 5.32 Å². The van der Waals surface area contributed by atoms with Gasteiger partial charge in [0.15, 0.2) is 0 Å². The molecule has 0 heterocycles. The van der Waals surface area contributed by atoms with Gasteiger partial charge in [0, 0.05) is 12.0 Å². The Hall–Kier alpha value is -0.730. The van der Waals surface area contributed by atoms with E-state index in [9.17, 15) is 4.79 Å². The van der Waals surface area contributed by atoms with Crippen molar-refractivity contribution in [3.05, 3.63) is 0 Å². The molecule has 0 bridgehead atoms. The first-order valence-corrected chi connectivity index (χ1v) is 15.1. The van der Waals surface area contributed by atoms with Gasteiger partial charge in [-0.3, -0.25) is 0 Å². The summed E-state index contributed by atoms with van der Waals surface area (Å²) in [4.78, 5) is 12.7. The number of hydrogen-bond donors (Lipinski definition) is 1. The van der Waals surface area contributed by atoms with E-state index >= 15 is 0 Å². The van der Waals surface area contributed by atoms with Crippen LogP contribution in [0.5, 0.6) is 0 Å². The third-order valence-corrected chi connectivity index (χ3v) is 11.5. The maximum Gasteiger partial charge on any atom is 0.407 e. The maximum absolute atomic E-state index is 12.7. The van der Waals surface area contributed by atoms with Crippen LogP contribution in [0.2, 0.25) is 0 Å². The lowest BCUT2D eigenvalue weighted by molar-refractivity contribution is -0.104. The molecule has 35 heavy (non-hydrogen) atoms. The quantitative estimate of drug-likeness (QED) is 0.420. The standard InChI is InChI=1S/C32H57NO2/c1-22(2)24-10-12-27-25(15-24)9-11-26-18-30(6,13-14-32(26,27)8)21-35-28(34)33-20-31(7)17-23(3)16-29(4,5)19-31/h22-27H,9-21H2,1-8H3,(H,33,34). The summed E-state index contributed by atoms with van der Waals surface area (Å²) >= 11 is 0. The molecule has 0 saturated heterocycles. The second kappa shape index (κ2) is 9.86. The van der Waals surface area contributed by atoms with Gasteiger partial charge >= 0.3 is 6.09 Å². The van der Waals surface area contributed by atoms with Crippen molar-refractivity contribution in [3.8, 4) is 0 Å². The summed E-state index contributed by atoms with van der Waals surface area (Å²) in [6.45, 7) is 20.6. The minimum Gasteiger partial charge on any atom is -0.449 e. The first-order chi connectivity index (χ1) is 16.2. The Morgan fingerprint density at radius 3 is 2.37 bits per heavy atom. The maximum atomic E-state index is 12.7. The molecule has 0 radical (unpaired) electrons. The summed E-state index contributed by atoms with van der Waals surface area (Å²) < 4.78 is 5.91. The molecular weight excluding hydrogens is 430 g/mol. The summed E-state index contributed by atoms with van der Waals surface area (Å²) in [6, 6.07) is 0. The molecule has 4 rings (SSSR count). The van der Waals surface area contributed by atoms with E-state index in [2.05, 4.69) is 60.7 Å². The van der Waals surface area contributed by atoms with Crippen molar-refractivity contribution in [1.82, 2.24) is 5.32 Å². The van der Waals surface area contributed by atoms with Crippen molar-refractivity contribution in [2.45, 2.75) is 126 Å². The van der Waals surface area contributed by atoms with Crippen LogP contribution in [0.1, 0.15) is 126 Å². The van der Waals surface area contributed by atoms with Crippen LogP contribution in [0.4, 0.5) is 4.79 Å². The van der Waals surface area contributed by atoms with Crippen molar-refractivity contribution >= 4 is 6.09 Å². The van der Waals surface area contributed by atoms with E-state index in [4.69, 9.17) is 4.74 Å². The number of rotatable bonds is 5. The van der Waals surface area contributed by atoms with Gasteiger partial charge in [0.2, 0.25) is 0 Å². The molecule has 0 aromatic rings. The lowest BCUT2D eigenvalue weighted by atomic mass is 9.46. The van der Waals surface area contributed by atoms with E-state index in [0.29, 0.717) is 23.4 Å². The Morgan fingerprint density at radius 2 is 1.69 bits per heavy atom. The first-order valence-electron chi connectivity index (χ1n) is 15.1. The predicted octanol–water partition coefficient (Wildman–Crippen LogP) is 8.86. The van der Waals surface area contributed by atoms with Crippen LogP contribution >= 0.6 is 0 Å². The van der Waals surface area contributed by atoms with E-state index in [1.165, 1.54) is 70.6 Å². The fourth-order valence-corrected chi connectivity index (χ4v) is 10.1. The Balaban J connectivity index is 1.27. The summed E-state index contributed by atoms with van der Waals surface area (Å²) in [6.07, 6.45) is 14.4. The van der Waals surface area contributed by atoms with E-state index in [1.54, 1.807) is 0 Å². The van der Waals surface area contributed by atoms with Crippen LogP contribution in [-0.4, -0.2) is 19.2 Å². The molecule has 4 saturated carbocycles. The van der Waals surface area contributed by atoms with Crippen molar-refractivity contribution in [3.63, 3.8) is 0 Å². The van der Waals surface area contributed by atoms with Gasteiger partial charge in [-0.1, -0.05) is 55.4 Å². The summed E-state index contributed by atoms with van der Waals surface area (Å²) in [5.74, 6) is 5.19. The third-order valence-electron chi connectivity index (χ3n) is 11.5. The predicted molar refractivity (Wildman–Crippen MR) is 146 cm³/mol. The monoisotopic (exact) mass is 487 g/mol. The van der Waals surface area contributed by atoms with Crippen molar-refractivity contribution in [2.75, 3.05) is 13.2 Å². The molecule has 202 valence electrons. The number of nitrogens with one attached hydrogen (secondary N) is 1. The minimum atomic E-state index is -0.201. The second-order valence-corrected chi connectivity index (χ2v) is 16.1. The molecule has 1 N–H and O–H groups in total. The molecule has 4 aliphatic rings. The molecule has 4 aliphatic carbocycles. The Kier molecular flexibility index (Phi) is 7.70. The molecule has 0 aliphatic heterocycles. The highest BCUT2D eigenvalue weighted by atomic mass is 16.5. The molecule has 0 spiro atoms. The number of fused-ring (bicyclic) bond motifs is 3. The summed E-state index contributed by atoms with van der Waals surface area (Å²) in [7, 11) is 0. The average molecular weight is 488 g/mol. The van der Waals surface area contributed by atoms with Crippen molar-refractivity contribution < 1.29 is 9.53 Å². The lowest BCUT2D eigenvalue weighted by Crippen LogP contribution is -2.51. The largest absolute Gasteiger partial charge is 0.449 e. The second-order valence-electron chi connectivity index (χ2n) is 16.1. The lowest BCUT2D eigenvalue weighted by Gasteiger charge is -2.59. The highest BCUT2D eigenvalue weighted by molar-refractivity contribution is 5.67. The van der Waals surface area contributed by atoms with Crippen molar-refractivity contribution in [1.29, 1.82) is 0 Å². The Labute approximate surface area is 217 Å². The molecule has 3 heteroatoms. The molecule has 1 amide bonds. The fourth-order valence-electron chi connectivity index (χ4n) is 10.1. The zero-order valence-electron chi connectivity index (χ0n) is 24.5. The molecule has 3 nitrogen and oxygen atoms in total. The number of alkyl carbamates (subject to hydrolysis) is 1. The highest BCUT2D eigenvalue weighted by Gasteiger charge is 2.54. The summed E-state index contributed by atoms with van der Waals surface area (Å²) in [5, 5.41) is 3.16. The van der Waals surface area contributed by atoms with Crippen LogP contribution in [0, 0.1) is 57.2 Å². The minimum absolute atomic E-state index is 0.134. The van der Waals surface area contributed by atoms with Gasteiger partial charge in [0.05, 0.1) is 6.61 Å². The highest BCUT2D eigenvalue weighted by Crippen LogP contribution is 2.62. The normalized spacial score (nSPS) is 45.3. The number of hydrogen-bond acceptors (Lipinski definition) is 2. The van der Waals surface area contributed by atoms with E-state index in [1.807, 2.05) is 0 Å². The molecule has 8 unspecified atom stereocenters. The topological polar surface area (TPSA) is 38.3 Å². The fraction of sp³-hybridized carbons (Fsp3) is 0.969. The van der Waals surface area contributed by atoms with E-state index in [-0.39, 0.29) is 16.9 Å². The molecule has 0 aromatic heterocycles. The van der Waals surface area contributed by atoms with Gasteiger partial charge < -0.3 is 10.1 Å². The molecular formula is C32H57NO2. The van der Waals surface area contributed by atoms with Crippen LogP contribution in [0.25, 0.3) is 0 Å². The van der Waals surface area contributed by atoms with Gasteiger partial charge in [0.1, 0.15) is 0 Å². The average Bonchev–Trinajstić information content (AvgIpc) is 2.75. The SMILES string of the molecule is CC1CC(C)(C)CC(C)(CNC(=O)OCC2(C)CCC3(C)C(CCC4CC(C(C)C)CCC43)C2)C1. The Morgan fingerprint density at radius 1 is 0.943 bits per heavy atom. The first kappa shape index (κ1) is 27.3. The van der Waals surface area contributed by atoms with Crippen LogP contribution in [-0.2, 0) is 4.74 Å². The third kappa shape index (κ3) is 6.06. The summed E-state index contributed by atoms with van der Waals surface area (Å²) in [5.41, 5.74) is 1.16. The molecule has 4 fully saturated rings. The van der Waals surface area contributed by atoms with Crippen LogP contribution in [0.15, 0.2) is 0 Å². The zero-order chi connectivity index (χ0) is 25.6. The van der Waals surface area contributed by atoms with E-state index < -0.39 is 0 Å². The molecule has 8 atom stereocenters. The number of carbonyl (C=O) groups is 1. The number of ether oxygens (including phenoxy) is 1. The smallest absolute Gasteiger partial charge is 0.407 e. The van der Waals surface area contributed by atoms with Gasteiger partial charge in [-0.2, -0.15) is 0 Å². The molecule has 0 aromatic carbocycles. The number of amides is 1. The van der Waals surface area contributed by atoms with Gasteiger partial charge in [0.25, 0.3) is 0 Å². The van der Waals surface area contributed by atoms with E-state index in [0.717, 1.165) is 36.1 Å². The van der Waals surface area contributed by atoms with Gasteiger partial charge in [-0.15, -0.1) is 0 Å². The zero-order valence-corrected chi connectivity index (χ0v) is 24.5. The van der Waals surface area contributed by atoms with Gasteiger partial charge in [-0.05, 0) is 122 Å². The van der Waals surface area contributed by atoms with Crippen molar-refractivity contribution in [2.24, 2.45) is 57.2 Å². The van der Waals surface area contributed by atoms with Crippen LogP contribution in [0.3, 0.4) is 0 Å². The Bertz CT molecular complexity index is 761. The number of carbonyl (C=O) groups excluding carboxylic acids is 1. The van der Waals surface area contributed by atoms with Gasteiger partial charge in [-0.25, -0.2) is 4.79 Å².